The van der Waals surface area contributed by atoms with E-state index >= 15 is 0 Å². The van der Waals surface area contributed by atoms with E-state index in [1.165, 1.54) is 30.0 Å². The third-order valence-electron chi connectivity index (χ3n) is 5.70. The van der Waals surface area contributed by atoms with Crippen LogP contribution in [-0.2, 0) is 9.59 Å². The molecule has 2 amide bonds. The van der Waals surface area contributed by atoms with Gasteiger partial charge < -0.3 is 5.32 Å². The molecule has 0 spiro atoms. The van der Waals surface area contributed by atoms with Gasteiger partial charge in [-0.3, -0.25) is 9.59 Å². The first-order chi connectivity index (χ1) is 17.0. The molecule has 176 valence electrons. The first-order valence-electron chi connectivity index (χ1n) is 11.0. The van der Waals surface area contributed by atoms with Crippen LogP contribution in [0.1, 0.15) is 30.0 Å². The van der Waals surface area contributed by atoms with E-state index in [1.807, 2.05) is 60.7 Å². The highest BCUT2D eigenvalue weighted by molar-refractivity contribution is 8.15. The van der Waals surface area contributed by atoms with Crippen LogP contribution in [0.25, 0.3) is 0 Å². The Hall–Kier alpha value is -3.49. The Bertz CT molecular complexity index is 1330. The molecule has 0 aliphatic carbocycles. The molecule has 3 aromatic carbocycles. The topological polar surface area (TPSA) is 74.1 Å². The fraction of sp³-hybridized carbons (Fsp3) is 0.154. The van der Waals surface area contributed by atoms with Gasteiger partial charge in [-0.1, -0.05) is 84.0 Å². The van der Waals surface area contributed by atoms with E-state index in [9.17, 15) is 14.0 Å². The van der Waals surface area contributed by atoms with Gasteiger partial charge in [-0.2, -0.15) is 10.1 Å². The Morgan fingerprint density at radius 1 is 1.09 bits per heavy atom. The van der Waals surface area contributed by atoms with Gasteiger partial charge in [0.25, 0.3) is 5.91 Å². The van der Waals surface area contributed by atoms with Crippen LogP contribution in [-0.4, -0.2) is 33.0 Å². The average molecular weight is 507 g/mol. The third-order valence-corrected chi connectivity index (χ3v) is 7.13. The number of aliphatic imine (C=N–C) groups is 1. The fourth-order valence-electron chi connectivity index (χ4n) is 3.99. The summed E-state index contributed by atoms with van der Waals surface area (Å²) in [6.07, 6.45) is 0.586. The second-order valence-corrected chi connectivity index (χ2v) is 9.69. The molecular weight excluding hydrogens is 487 g/mol. The van der Waals surface area contributed by atoms with Gasteiger partial charge in [0.2, 0.25) is 5.91 Å². The van der Waals surface area contributed by atoms with Gasteiger partial charge in [-0.05, 0) is 29.3 Å². The molecule has 2 aliphatic heterocycles. The number of carbonyl (C=O) groups is 2. The predicted octanol–water partition coefficient (Wildman–Crippen LogP) is 5.66. The molecule has 5 rings (SSSR count). The molecule has 1 N–H and O–H groups in total. The van der Waals surface area contributed by atoms with Gasteiger partial charge in [0.15, 0.2) is 5.17 Å². The molecule has 0 bridgehead atoms. The molecule has 0 saturated carbocycles. The lowest BCUT2D eigenvalue weighted by atomic mass is 9.99. The summed E-state index contributed by atoms with van der Waals surface area (Å²) < 4.78 is 13.4. The van der Waals surface area contributed by atoms with Crippen molar-refractivity contribution in [2.75, 3.05) is 5.32 Å². The number of amides is 2. The summed E-state index contributed by atoms with van der Waals surface area (Å²) in [5.41, 5.74) is 3.34. The van der Waals surface area contributed by atoms with Crippen molar-refractivity contribution in [1.82, 2.24) is 5.01 Å². The second kappa shape index (κ2) is 10.0. The van der Waals surface area contributed by atoms with Crippen molar-refractivity contribution in [2.24, 2.45) is 10.1 Å². The minimum atomic E-state index is -0.673. The minimum Gasteiger partial charge on any atom is -0.326 e. The summed E-state index contributed by atoms with van der Waals surface area (Å²) >= 11 is 7.01. The van der Waals surface area contributed by atoms with Gasteiger partial charge in [-0.15, -0.1) is 0 Å². The molecule has 2 atom stereocenters. The molecule has 0 radical (unpaired) electrons. The number of nitrogens with one attached hydrogen (secondary N) is 1. The summed E-state index contributed by atoms with van der Waals surface area (Å²) in [5, 5.41) is 8.98. The number of halogens is 2. The van der Waals surface area contributed by atoms with Crippen molar-refractivity contribution >= 4 is 51.7 Å². The largest absolute Gasteiger partial charge is 0.326 e. The van der Waals surface area contributed by atoms with Crippen molar-refractivity contribution < 1.29 is 14.0 Å². The summed E-state index contributed by atoms with van der Waals surface area (Å²) in [7, 11) is 0. The number of benzene rings is 3. The summed E-state index contributed by atoms with van der Waals surface area (Å²) in [6.45, 7) is 0. The van der Waals surface area contributed by atoms with E-state index in [0.29, 0.717) is 17.3 Å². The van der Waals surface area contributed by atoms with Crippen molar-refractivity contribution in [3.8, 4) is 0 Å². The van der Waals surface area contributed by atoms with Crippen LogP contribution in [0.5, 0.6) is 0 Å². The fourth-order valence-corrected chi connectivity index (χ4v) is 5.23. The van der Waals surface area contributed by atoms with Crippen LogP contribution in [0.15, 0.2) is 89.0 Å². The number of rotatable bonds is 5. The van der Waals surface area contributed by atoms with Gasteiger partial charge in [-0.25, -0.2) is 9.40 Å². The number of hydrogen-bond donors (Lipinski definition) is 1. The summed E-state index contributed by atoms with van der Waals surface area (Å²) in [5.74, 6) is -1.34. The van der Waals surface area contributed by atoms with E-state index in [0.717, 1.165) is 16.8 Å². The zero-order chi connectivity index (χ0) is 24.4. The highest BCUT2D eigenvalue weighted by atomic mass is 35.5. The molecule has 3 aromatic rings. The monoisotopic (exact) mass is 506 g/mol. The van der Waals surface area contributed by atoms with Crippen LogP contribution in [0.4, 0.5) is 10.1 Å². The van der Waals surface area contributed by atoms with Crippen molar-refractivity contribution in [3.63, 3.8) is 0 Å². The number of hydrogen-bond acceptors (Lipinski definition) is 5. The maximum Gasteiger partial charge on any atom is 0.262 e. The van der Waals surface area contributed by atoms with Crippen molar-refractivity contribution in [2.45, 2.75) is 24.1 Å². The molecule has 0 fully saturated rings. The highest BCUT2D eigenvalue weighted by Crippen LogP contribution is 2.38. The van der Waals surface area contributed by atoms with E-state index in [-0.39, 0.29) is 29.3 Å². The zero-order valence-corrected chi connectivity index (χ0v) is 20.0. The Labute approximate surface area is 210 Å². The molecule has 2 heterocycles. The molecule has 0 aromatic heterocycles. The third kappa shape index (κ3) is 5.13. The lowest BCUT2D eigenvalue weighted by molar-refractivity contribution is -0.121. The SMILES string of the molecule is O=C(C[C@@H]1SC(N2N=C(c3ccccc3)C[C@@H]2c2ccccc2)=NC1=O)Nc1ccc(F)c(Cl)c1. The molecule has 35 heavy (non-hydrogen) atoms. The molecular formula is C26H20ClFN4O2S. The second-order valence-electron chi connectivity index (χ2n) is 8.11. The molecule has 9 heteroatoms. The smallest absolute Gasteiger partial charge is 0.262 e. The molecule has 0 saturated heterocycles. The van der Waals surface area contributed by atoms with E-state index in [4.69, 9.17) is 16.7 Å². The lowest BCUT2D eigenvalue weighted by Crippen LogP contribution is -2.25. The van der Waals surface area contributed by atoms with Crippen LogP contribution in [0.3, 0.4) is 0 Å². The van der Waals surface area contributed by atoms with Gasteiger partial charge >= 0.3 is 0 Å². The first kappa shape index (κ1) is 23.3. The maximum absolute atomic E-state index is 13.4. The Balaban J connectivity index is 1.32. The lowest BCUT2D eigenvalue weighted by Gasteiger charge is -2.23. The summed E-state index contributed by atoms with van der Waals surface area (Å²) in [4.78, 5) is 29.5. The van der Waals surface area contributed by atoms with E-state index in [1.54, 1.807) is 5.01 Å². The quantitative estimate of drug-likeness (QED) is 0.484. The Morgan fingerprint density at radius 3 is 2.51 bits per heavy atom. The van der Waals surface area contributed by atoms with E-state index in [2.05, 4.69) is 10.3 Å². The number of hydrazone groups is 1. The van der Waals surface area contributed by atoms with Crippen LogP contribution in [0, 0.1) is 5.82 Å². The Kier molecular flexibility index (Phi) is 6.66. The Morgan fingerprint density at radius 2 is 1.80 bits per heavy atom. The van der Waals surface area contributed by atoms with Gasteiger partial charge in [0, 0.05) is 18.5 Å². The van der Waals surface area contributed by atoms with Gasteiger partial charge in [0.1, 0.15) is 11.1 Å². The normalized spacial score (nSPS) is 19.5. The number of carbonyl (C=O) groups excluding carboxylic acids is 2. The molecule has 2 aliphatic rings. The standard InChI is InChI=1S/C26H20ClFN4O2S/c27-19-13-18(11-12-20(19)28)29-24(33)15-23-25(34)30-26(35-23)32-22(17-9-5-2-6-10-17)14-21(31-32)16-7-3-1-4-8-16/h1-13,22-23H,14-15H2,(H,29,33)/t22-,23+/m1/s1. The van der Waals surface area contributed by atoms with E-state index < -0.39 is 11.1 Å². The molecule has 6 nitrogen and oxygen atoms in total. The average Bonchev–Trinajstić information content (AvgIpc) is 3.47. The highest BCUT2D eigenvalue weighted by Gasteiger charge is 2.39. The summed E-state index contributed by atoms with van der Waals surface area (Å²) in [6, 6.07) is 23.7. The first-order valence-corrected chi connectivity index (χ1v) is 12.2. The number of anilines is 1. The van der Waals surface area contributed by atoms with Crippen molar-refractivity contribution in [1.29, 1.82) is 0 Å². The number of thioether (sulfide) groups is 1. The minimum absolute atomic E-state index is 0.0788. The maximum atomic E-state index is 13.4. The van der Waals surface area contributed by atoms with Crippen LogP contribution < -0.4 is 5.32 Å². The van der Waals surface area contributed by atoms with Crippen molar-refractivity contribution in [3.05, 3.63) is 101 Å². The van der Waals surface area contributed by atoms with Crippen LogP contribution in [0.2, 0.25) is 5.02 Å². The molecule has 0 unspecified atom stereocenters. The predicted molar refractivity (Wildman–Crippen MR) is 137 cm³/mol. The zero-order valence-electron chi connectivity index (χ0n) is 18.4. The van der Waals surface area contributed by atoms with Crippen LogP contribution >= 0.6 is 23.4 Å². The number of amidine groups is 1. The van der Waals surface area contributed by atoms with Gasteiger partial charge in [0.05, 0.1) is 16.8 Å². The number of nitrogens with zero attached hydrogens (tertiary/aromatic N) is 3.